The fourth-order valence-electron chi connectivity index (χ4n) is 1.75. The standard InChI is InChI=1S/2C9H18/c2*1-3-5-7-9-8-6-4-2/h3,5H,4,6-9H2,1-2H3;3H,1,4-9H2,2H3/b5-3+;. The van der Waals surface area contributed by atoms with E-state index >= 15 is 0 Å². The van der Waals surface area contributed by atoms with E-state index in [9.17, 15) is 0 Å². The monoisotopic (exact) mass is 252 g/mol. The molecule has 0 radical (unpaired) electrons. The van der Waals surface area contributed by atoms with Crippen LogP contribution in [0.1, 0.15) is 91.4 Å². The lowest BCUT2D eigenvalue weighted by Crippen LogP contribution is -1.74. The summed E-state index contributed by atoms with van der Waals surface area (Å²) in [5.41, 5.74) is 0. The molecule has 0 aliphatic heterocycles. The Morgan fingerprint density at radius 2 is 1.22 bits per heavy atom. The zero-order valence-corrected chi connectivity index (χ0v) is 13.2. The van der Waals surface area contributed by atoms with Gasteiger partial charge in [-0.05, 0) is 32.6 Å². The minimum Gasteiger partial charge on any atom is -0.103 e. The van der Waals surface area contributed by atoms with Gasteiger partial charge < -0.3 is 0 Å². The number of hydrogen-bond acceptors (Lipinski definition) is 0. The summed E-state index contributed by atoms with van der Waals surface area (Å²) in [5, 5.41) is 0. The minimum atomic E-state index is 1.20. The van der Waals surface area contributed by atoms with Gasteiger partial charge in [-0.25, -0.2) is 0 Å². The van der Waals surface area contributed by atoms with Crippen molar-refractivity contribution in [3.8, 4) is 0 Å². The van der Waals surface area contributed by atoms with Gasteiger partial charge in [0.05, 0.1) is 0 Å². The third-order valence-corrected chi connectivity index (χ3v) is 2.97. The van der Waals surface area contributed by atoms with Gasteiger partial charge in [0.15, 0.2) is 0 Å². The molecule has 0 aliphatic carbocycles. The van der Waals surface area contributed by atoms with Crippen LogP contribution < -0.4 is 0 Å². The number of rotatable bonds is 11. The van der Waals surface area contributed by atoms with Crippen molar-refractivity contribution in [3.63, 3.8) is 0 Å². The summed E-state index contributed by atoms with van der Waals surface area (Å²) in [6.45, 7) is 10.3. The Morgan fingerprint density at radius 1 is 0.722 bits per heavy atom. The van der Waals surface area contributed by atoms with Crippen LogP contribution in [0.2, 0.25) is 0 Å². The van der Waals surface area contributed by atoms with Crippen LogP contribution in [0.5, 0.6) is 0 Å². The average Bonchev–Trinajstić information content (AvgIpc) is 2.39. The highest BCUT2D eigenvalue weighted by atomic mass is 13.9. The lowest BCUT2D eigenvalue weighted by molar-refractivity contribution is 0.638. The molecule has 0 spiro atoms. The maximum Gasteiger partial charge on any atom is -0.0351 e. The molecule has 0 bridgehead atoms. The van der Waals surface area contributed by atoms with Gasteiger partial charge in [-0.15, -0.1) is 6.58 Å². The number of hydrogen-bond donors (Lipinski definition) is 0. The largest absolute Gasteiger partial charge is 0.103 e. The van der Waals surface area contributed by atoms with E-state index in [-0.39, 0.29) is 0 Å². The summed E-state index contributed by atoms with van der Waals surface area (Å²) in [5.74, 6) is 0. The summed E-state index contributed by atoms with van der Waals surface area (Å²) in [4.78, 5) is 0. The molecular weight excluding hydrogens is 216 g/mol. The highest BCUT2D eigenvalue weighted by Gasteiger charge is 1.84. The molecule has 0 nitrogen and oxygen atoms in total. The van der Waals surface area contributed by atoms with E-state index in [1.54, 1.807) is 0 Å². The minimum absolute atomic E-state index is 1.20. The highest BCUT2D eigenvalue weighted by Crippen LogP contribution is 2.04. The van der Waals surface area contributed by atoms with Crippen LogP contribution in [0.25, 0.3) is 0 Å². The van der Waals surface area contributed by atoms with Gasteiger partial charge in [0.2, 0.25) is 0 Å². The van der Waals surface area contributed by atoms with E-state index < -0.39 is 0 Å². The van der Waals surface area contributed by atoms with Crippen molar-refractivity contribution < 1.29 is 0 Å². The first-order valence-electron chi connectivity index (χ1n) is 8.05. The fourth-order valence-corrected chi connectivity index (χ4v) is 1.75. The van der Waals surface area contributed by atoms with Gasteiger partial charge in [-0.2, -0.15) is 0 Å². The van der Waals surface area contributed by atoms with Gasteiger partial charge >= 0.3 is 0 Å². The smallest absolute Gasteiger partial charge is 0.0351 e. The first-order chi connectivity index (χ1) is 8.83. The van der Waals surface area contributed by atoms with Crippen molar-refractivity contribution in [3.05, 3.63) is 24.8 Å². The predicted molar refractivity (Wildman–Crippen MR) is 87.1 cm³/mol. The molecule has 0 aromatic rings. The molecule has 0 amide bonds. The fraction of sp³-hybridized carbons (Fsp3) is 0.778. The first kappa shape index (κ1) is 19.8. The SMILES string of the molecule is C/C=C/CCCCCC.C=CCCCCCCC. The molecule has 18 heavy (non-hydrogen) atoms. The first-order valence-corrected chi connectivity index (χ1v) is 8.05. The van der Waals surface area contributed by atoms with E-state index in [0.29, 0.717) is 0 Å². The second-order valence-corrected chi connectivity index (χ2v) is 4.91. The normalized spacial score (nSPS) is 10.2. The Bertz CT molecular complexity index is 155. The Kier molecular flexibility index (Phi) is 23.9. The zero-order valence-electron chi connectivity index (χ0n) is 13.2. The second-order valence-electron chi connectivity index (χ2n) is 4.91. The van der Waals surface area contributed by atoms with Crippen LogP contribution in [0.15, 0.2) is 24.8 Å². The molecule has 0 aliphatic rings. The van der Waals surface area contributed by atoms with Crippen molar-refractivity contribution in [2.75, 3.05) is 0 Å². The van der Waals surface area contributed by atoms with Crippen molar-refractivity contribution in [2.24, 2.45) is 0 Å². The molecule has 108 valence electrons. The molecule has 0 saturated heterocycles. The summed E-state index contributed by atoms with van der Waals surface area (Å²) in [7, 11) is 0. The highest BCUT2D eigenvalue weighted by molar-refractivity contribution is 4.75. The van der Waals surface area contributed by atoms with Crippen molar-refractivity contribution in [2.45, 2.75) is 91.4 Å². The van der Waals surface area contributed by atoms with E-state index in [1.807, 2.05) is 6.08 Å². The molecule has 0 heteroatoms. The maximum atomic E-state index is 3.68. The lowest BCUT2D eigenvalue weighted by atomic mass is 10.1. The number of allylic oxidation sites excluding steroid dienone is 3. The third-order valence-electron chi connectivity index (χ3n) is 2.97. The predicted octanol–water partition coefficient (Wildman–Crippen LogP) is 7.07. The Balaban J connectivity index is 0. The molecule has 0 aromatic heterocycles. The van der Waals surface area contributed by atoms with Crippen molar-refractivity contribution in [1.82, 2.24) is 0 Å². The zero-order chi connectivity index (χ0) is 13.9. The summed E-state index contributed by atoms with van der Waals surface area (Å²) in [6.07, 6.45) is 21.2. The van der Waals surface area contributed by atoms with E-state index in [1.165, 1.54) is 70.6 Å². The van der Waals surface area contributed by atoms with Crippen LogP contribution >= 0.6 is 0 Å². The molecule has 0 fully saturated rings. The van der Waals surface area contributed by atoms with Crippen LogP contribution in [0.3, 0.4) is 0 Å². The molecule has 0 heterocycles. The van der Waals surface area contributed by atoms with Gasteiger partial charge in [0.25, 0.3) is 0 Å². The summed E-state index contributed by atoms with van der Waals surface area (Å²) < 4.78 is 0. The van der Waals surface area contributed by atoms with Crippen LogP contribution in [0.4, 0.5) is 0 Å². The van der Waals surface area contributed by atoms with Gasteiger partial charge in [0.1, 0.15) is 0 Å². The number of unbranched alkanes of at least 4 members (excludes halogenated alkanes) is 9. The van der Waals surface area contributed by atoms with Crippen molar-refractivity contribution >= 4 is 0 Å². The summed E-state index contributed by atoms with van der Waals surface area (Å²) >= 11 is 0. The molecule has 0 N–H and O–H groups in total. The molecular formula is C18H36. The maximum absolute atomic E-state index is 3.68. The van der Waals surface area contributed by atoms with Crippen LogP contribution in [-0.4, -0.2) is 0 Å². The molecule has 0 aromatic carbocycles. The van der Waals surface area contributed by atoms with E-state index in [0.717, 1.165) is 0 Å². The van der Waals surface area contributed by atoms with Gasteiger partial charge in [-0.3, -0.25) is 0 Å². The van der Waals surface area contributed by atoms with E-state index in [2.05, 4.69) is 39.5 Å². The average molecular weight is 252 g/mol. The topological polar surface area (TPSA) is 0 Å². The van der Waals surface area contributed by atoms with Crippen LogP contribution in [0, 0.1) is 0 Å². The molecule has 0 atom stereocenters. The second kappa shape index (κ2) is 21.7. The van der Waals surface area contributed by atoms with Crippen LogP contribution in [-0.2, 0) is 0 Å². The quantitative estimate of drug-likeness (QED) is 0.272. The molecule has 0 rings (SSSR count). The third kappa shape index (κ3) is 24.6. The Labute approximate surface area is 117 Å². The molecule has 0 saturated carbocycles. The van der Waals surface area contributed by atoms with E-state index in [4.69, 9.17) is 0 Å². The van der Waals surface area contributed by atoms with Gasteiger partial charge in [-0.1, -0.05) is 77.0 Å². The van der Waals surface area contributed by atoms with Gasteiger partial charge in [0, 0.05) is 0 Å². The Hall–Kier alpha value is -0.520. The van der Waals surface area contributed by atoms with Crippen molar-refractivity contribution in [1.29, 1.82) is 0 Å². The Morgan fingerprint density at radius 3 is 1.72 bits per heavy atom. The molecule has 0 unspecified atom stereocenters. The lowest BCUT2D eigenvalue weighted by Gasteiger charge is -1.94. The summed E-state index contributed by atoms with van der Waals surface area (Å²) in [6, 6.07) is 0.